The number of rotatable bonds is 4. The number of aromatic nitrogens is 2. The minimum atomic E-state index is 0.584. The van der Waals surface area contributed by atoms with Gasteiger partial charge in [-0.2, -0.15) is 5.10 Å². The molecule has 0 aliphatic rings. The molecule has 0 radical (unpaired) electrons. The highest BCUT2D eigenvalue weighted by Gasteiger charge is 2.07. The Hall–Kier alpha value is -2.17. The van der Waals surface area contributed by atoms with Crippen molar-refractivity contribution < 1.29 is 4.74 Å². The van der Waals surface area contributed by atoms with Gasteiger partial charge in [0.25, 0.3) is 0 Å². The van der Waals surface area contributed by atoms with E-state index in [1.807, 2.05) is 36.2 Å². The van der Waals surface area contributed by atoms with E-state index in [-0.39, 0.29) is 0 Å². The molecule has 0 atom stereocenters. The molecule has 2 rings (SSSR count). The fourth-order valence-electron chi connectivity index (χ4n) is 1.68. The van der Waals surface area contributed by atoms with Crippen molar-refractivity contribution in [2.45, 2.75) is 6.54 Å². The minimum Gasteiger partial charge on any atom is -0.497 e. The molecule has 0 aliphatic heterocycles. The van der Waals surface area contributed by atoms with E-state index in [2.05, 4.69) is 10.2 Å². The van der Waals surface area contributed by atoms with Gasteiger partial charge in [0.1, 0.15) is 11.6 Å². The summed E-state index contributed by atoms with van der Waals surface area (Å²) in [6, 6.07) is 7.96. The molecule has 17 heavy (non-hydrogen) atoms. The lowest BCUT2D eigenvalue weighted by atomic mass is 10.2. The molecule has 1 aromatic heterocycles. The van der Waals surface area contributed by atoms with E-state index >= 15 is 0 Å². The van der Waals surface area contributed by atoms with Crippen molar-refractivity contribution >= 4 is 11.5 Å². The Morgan fingerprint density at radius 2 is 2.06 bits per heavy atom. The first kappa shape index (κ1) is 11.3. The summed E-state index contributed by atoms with van der Waals surface area (Å²) < 4.78 is 5.12. The van der Waals surface area contributed by atoms with Crippen LogP contribution >= 0.6 is 0 Å². The van der Waals surface area contributed by atoms with Crippen molar-refractivity contribution in [2.24, 2.45) is 0 Å². The third-order valence-corrected chi connectivity index (χ3v) is 2.64. The molecular weight excluding hydrogens is 216 g/mol. The van der Waals surface area contributed by atoms with E-state index in [0.717, 1.165) is 18.0 Å². The first-order valence-electron chi connectivity index (χ1n) is 5.33. The number of nitrogens with zero attached hydrogens (tertiary/aromatic N) is 2. The minimum absolute atomic E-state index is 0.584. The topological polar surface area (TPSA) is 67.2 Å². The van der Waals surface area contributed by atoms with Gasteiger partial charge >= 0.3 is 0 Å². The van der Waals surface area contributed by atoms with Crippen LogP contribution in [0.15, 0.2) is 30.5 Å². The van der Waals surface area contributed by atoms with Crippen LogP contribution < -0.4 is 15.4 Å². The lowest BCUT2D eigenvalue weighted by Gasteiger charge is -2.18. The van der Waals surface area contributed by atoms with Gasteiger partial charge in [-0.15, -0.1) is 0 Å². The molecule has 3 N–H and O–H groups in total. The van der Waals surface area contributed by atoms with Crippen molar-refractivity contribution in [1.29, 1.82) is 0 Å². The summed E-state index contributed by atoms with van der Waals surface area (Å²) in [5, 5.41) is 6.62. The van der Waals surface area contributed by atoms with E-state index in [4.69, 9.17) is 10.5 Å². The molecule has 0 unspecified atom stereocenters. The maximum atomic E-state index is 5.76. The Kier molecular flexibility index (Phi) is 3.18. The molecule has 0 spiro atoms. The molecule has 5 heteroatoms. The molecular formula is C12H16N4O. The van der Waals surface area contributed by atoms with Gasteiger partial charge in [0, 0.05) is 13.6 Å². The number of H-pyrrole nitrogens is 1. The second-order valence-corrected chi connectivity index (χ2v) is 3.87. The van der Waals surface area contributed by atoms with Gasteiger partial charge in [-0.25, -0.2) is 0 Å². The number of hydrogen-bond acceptors (Lipinski definition) is 4. The van der Waals surface area contributed by atoms with Crippen molar-refractivity contribution in [3.8, 4) is 5.75 Å². The van der Waals surface area contributed by atoms with E-state index in [1.165, 1.54) is 5.56 Å². The Bertz CT molecular complexity index is 478. The summed E-state index contributed by atoms with van der Waals surface area (Å²) >= 11 is 0. The number of anilines is 2. The number of nitrogens with two attached hydrogens (primary N) is 1. The van der Waals surface area contributed by atoms with Gasteiger partial charge in [0.2, 0.25) is 0 Å². The van der Waals surface area contributed by atoms with Gasteiger partial charge in [-0.05, 0) is 17.7 Å². The number of nitrogens with one attached hydrogen (secondary N) is 1. The van der Waals surface area contributed by atoms with E-state index in [0.29, 0.717) is 5.82 Å². The molecule has 0 saturated carbocycles. The van der Waals surface area contributed by atoms with Crippen LogP contribution in [0.5, 0.6) is 5.75 Å². The Morgan fingerprint density at radius 1 is 1.35 bits per heavy atom. The lowest BCUT2D eigenvalue weighted by Crippen LogP contribution is -2.16. The maximum absolute atomic E-state index is 5.76. The van der Waals surface area contributed by atoms with Gasteiger partial charge in [0.05, 0.1) is 19.0 Å². The summed E-state index contributed by atoms with van der Waals surface area (Å²) in [5.74, 6) is 1.44. The fourth-order valence-corrected chi connectivity index (χ4v) is 1.68. The number of benzene rings is 1. The number of ether oxygens (including phenoxy) is 1. The highest BCUT2D eigenvalue weighted by molar-refractivity contribution is 5.61. The van der Waals surface area contributed by atoms with E-state index in [1.54, 1.807) is 13.3 Å². The number of nitrogen functional groups attached to an aromatic ring is 1. The molecule has 0 aliphatic carbocycles. The summed E-state index contributed by atoms with van der Waals surface area (Å²) in [6.07, 6.45) is 1.72. The molecule has 0 saturated heterocycles. The van der Waals surface area contributed by atoms with Crippen molar-refractivity contribution in [3.05, 3.63) is 36.0 Å². The first-order chi connectivity index (χ1) is 8.20. The summed E-state index contributed by atoms with van der Waals surface area (Å²) in [6.45, 7) is 0.772. The van der Waals surface area contributed by atoms with Crippen LogP contribution in [-0.4, -0.2) is 24.4 Å². The molecule has 1 heterocycles. The predicted molar refractivity (Wildman–Crippen MR) is 68.1 cm³/mol. The van der Waals surface area contributed by atoms with Crippen LogP contribution in [-0.2, 0) is 6.54 Å². The standard InChI is InChI=1S/C12H16N4O/c1-16(11-7-14-15-12(11)13)8-9-3-5-10(17-2)6-4-9/h3-7H,8H2,1-2H3,(H3,13,14,15). The van der Waals surface area contributed by atoms with Crippen LogP contribution in [0.4, 0.5) is 11.5 Å². The monoisotopic (exact) mass is 232 g/mol. The summed E-state index contributed by atoms with van der Waals surface area (Å²) in [4.78, 5) is 2.04. The van der Waals surface area contributed by atoms with Crippen molar-refractivity contribution in [3.63, 3.8) is 0 Å². The van der Waals surface area contributed by atoms with E-state index < -0.39 is 0 Å². The number of aromatic amines is 1. The Labute approximate surface area is 100 Å². The van der Waals surface area contributed by atoms with Gasteiger partial charge in [0.15, 0.2) is 0 Å². The average Bonchev–Trinajstić information content (AvgIpc) is 2.76. The molecule has 1 aromatic carbocycles. The number of methoxy groups -OCH3 is 1. The van der Waals surface area contributed by atoms with Gasteiger partial charge in [-0.1, -0.05) is 12.1 Å². The smallest absolute Gasteiger partial charge is 0.142 e. The third kappa shape index (κ3) is 2.50. The Morgan fingerprint density at radius 3 is 2.59 bits per heavy atom. The summed E-state index contributed by atoms with van der Waals surface area (Å²) in [5.41, 5.74) is 7.85. The van der Waals surface area contributed by atoms with Crippen LogP contribution in [0.2, 0.25) is 0 Å². The molecule has 0 amide bonds. The van der Waals surface area contributed by atoms with Crippen LogP contribution in [0.1, 0.15) is 5.56 Å². The van der Waals surface area contributed by atoms with Crippen LogP contribution in [0, 0.1) is 0 Å². The van der Waals surface area contributed by atoms with Crippen LogP contribution in [0.25, 0.3) is 0 Å². The average molecular weight is 232 g/mol. The predicted octanol–water partition coefficient (Wildman–Crippen LogP) is 1.64. The molecule has 90 valence electrons. The van der Waals surface area contributed by atoms with Crippen molar-refractivity contribution in [2.75, 3.05) is 24.8 Å². The number of hydrogen-bond donors (Lipinski definition) is 2. The highest BCUT2D eigenvalue weighted by Crippen LogP contribution is 2.21. The second kappa shape index (κ2) is 4.78. The molecule has 0 bridgehead atoms. The van der Waals surface area contributed by atoms with Gasteiger partial charge < -0.3 is 15.4 Å². The zero-order chi connectivity index (χ0) is 12.3. The molecule has 2 aromatic rings. The van der Waals surface area contributed by atoms with E-state index in [9.17, 15) is 0 Å². The Balaban J connectivity index is 2.07. The zero-order valence-electron chi connectivity index (χ0n) is 9.97. The highest BCUT2D eigenvalue weighted by atomic mass is 16.5. The largest absolute Gasteiger partial charge is 0.497 e. The molecule has 0 fully saturated rings. The van der Waals surface area contributed by atoms with Crippen molar-refractivity contribution in [1.82, 2.24) is 10.2 Å². The summed E-state index contributed by atoms with van der Waals surface area (Å²) in [7, 11) is 3.64. The van der Waals surface area contributed by atoms with Gasteiger partial charge in [-0.3, -0.25) is 5.10 Å². The zero-order valence-corrected chi connectivity index (χ0v) is 9.97. The lowest BCUT2D eigenvalue weighted by molar-refractivity contribution is 0.414. The normalized spacial score (nSPS) is 10.2. The SMILES string of the molecule is COc1ccc(CN(C)c2cn[nH]c2N)cc1. The maximum Gasteiger partial charge on any atom is 0.142 e. The van der Waals surface area contributed by atoms with Crippen LogP contribution in [0.3, 0.4) is 0 Å². The molecule has 5 nitrogen and oxygen atoms in total. The first-order valence-corrected chi connectivity index (χ1v) is 5.33. The fraction of sp³-hybridized carbons (Fsp3) is 0.250. The quantitative estimate of drug-likeness (QED) is 0.841. The second-order valence-electron chi connectivity index (χ2n) is 3.87. The third-order valence-electron chi connectivity index (χ3n) is 2.64.